The number of carbonyl (C=O) groups excluding carboxylic acids is 1. The topological polar surface area (TPSA) is 119 Å². The molecule has 0 heterocycles. The molecule has 0 aromatic heterocycles. The Hall–Kier alpha value is -2.72. The molecule has 8 nitrogen and oxygen atoms in total. The van der Waals surface area contributed by atoms with Crippen molar-refractivity contribution in [2.45, 2.75) is 41.7 Å². The molecule has 0 radical (unpaired) electrons. The fourth-order valence-corrected chi connectivity index (χ4v) is 5.14. The third-order valence-electron chi connectivity index (χ3n) is 4.50. The van der Waals surface area contributed by atoms with Crippen molar-refractivity contribution in [3.8, 4) is 0 Å². The third-order valence-corrected chi connectivity index (χ3v) is 8.00. The van der Waals surface area contributed by atoms with Gasteiger partial charge in [-0.1, -0.05) is 29.8 Å². The van der Waals surface area contributed by atoms with Crippen molar-refractivity contribution in [3.05, 3.63) is 59.7 Å². The number of esters is 1. The molecule has 1 aliphatic rings. The van der Waals surface area contributed by atoms with E-state index in [1.54, 1.807) is 19.1 Å². The minimum Gasteiger partial charge on any atom is -0.461 e. The molecule has 2 aromatic carbocycles. The van der Waals surface area contributed by atoms with E-state index in [1.807, 2.05) is 11.8 Å². The van der Waals surface area contributed by atoms with Gasteiger partial charge in [-0.25, -0.2) is 13.2 Å². The zero-order valence-electron chi connectivity index (χ0n) is 16.5. The second-order valence-electron chi connectivity index (χ2n) is 6.86. The van der Waals surface area contributed by atoms with Crippen molar-refractivity contribution in [3.63, 3.8) is 0 Å². The summed E-state index contributed by atoms with van der Waals surface area (Å²) in [6.07, 6.45) is 1.28. The van der Waals surface area contributed by atoms with Crippen LogP contribution in [0.1, 0.15) is 30.9 Å². The van der Waals surface area contributed by atoms with Crippen LogP contribution >= 0.6 is 0 Å². The van der Waals surface area contributed by atoms with Gasteiger partial charge in [0, 0.05) is 5.56 Å². The number of aryl methyl sites for hydroxylation is 1. The van der Waals surface area contributed by atoms with Gasteiger partial charge in [0.15, 0.2) is 15.5 Å². The lowest BCUT2D eigenvalue weighted by Crippen LogP contribution is -2.26. The number of hydrogen-bond acceptors (Lipinski definition) is 7. The average molecular weight is 451 g/mol. The molecular weight excluding hydrogens is 428 g/mol. The van der Waals surface area contributed by atoms with Gasteiger partial charge in [-0.3, -0.25) is 0 Å². The first kappa shape index (κ1) is 22.0. The first-order valence-corrected chi connectivity index (χ1v) is 12.4. The van der Waals surface area contributed by atoms with E-state index in [-0.39, 0.29) is 32.9 Å². The van der Waals surface area contributed by atoms with Gasteiger partial charge >= 0.3 is 5.97 Å². The van der Waals surface area contributed by atoms with Crippen LogP contribution in [0.15, 0.2) is 63.4 Å². The number of ether oxygens (including phenoxy) is 1. The summed E-state index contributed by atoms with van der Waals surface area (Å²) in [4.78, 5) is 14.5. The van der Waals surface area contributed by atoms with Crippen LogP contribution in [0.4, 0.5) is 0 Å². The van der Waals surface area contributed by atoms with Crippen LogP contribution in [0, 0.1) is 6.92 Å². The summed E-state index contributed by atoms with van der Waals surface area (Å²) >= 11 is 0. The van der Waals surface area contributed by atoms with Crippen LogP contribution in [0.2, 0.25) is 0 Å². The lowest BCUT2D eigenvalue weighted by molar-refractivity contribution is -0.134. The summed E-state index contributed by atoms with van der Waals surface area (Å²) in [7, 11) is -7.39. The highest BCUT2D eigenvalue weighted by molar-refractivity contribution is 7.92. The Morgan fingerprint density at radius 3 is 2.10 bits per heavy atom. The Labute approximate surface area is 175 Å². The van der Waals surface area contributed by atoms with Gasteiger partial charge < -0.3 is 4.74 Å². The molecule has 30 heavy (non-hydrogen) atoms. The first-order valence-electron chi connectivity index (χ1n) is 9.33. The highest BCUT2D eigenvalue weighted by atomic mass is 32.2. The maximum Gasteiger partial charge on any atom is 0.359 e. The number of hydrazone groups is 1. The van der Waals surface area contributed by atoms with Crippen LogP contribution in [-0.4, -0.2) is 40.4 Å². The van der Waals surface area contributed by atoms with Gasteiger partial charge in [0.2, 0.25) is 0 Å². The van der Waals surface area contributed by atoms with Crippen molar-refractivity contribution >= 4 is 31.5 Å². The van der Waals surface area contributed by atoms with Gasteiger partial charge in [-0.2, -0.15) is 18.4 Å². The molecule has 0 unspecified atom stereocenters. The molecule has 0 bridgehead atoms. The van der Waals surface area contributed by atoms with Crippen LogP contribution < -0.4 is 4.83 Å². The van der Waals surface area contributed by atoms with Crippen LogP contribution in [0.25, 0.3) is 0 Å². The van der Waals surface area contributed by atoms with Crippen molar-refractivity contribution in [1.29, 1.82) is 0 Å². The molecule has 0 amide bonds. The highest BCUT2D eigenvalue weighted by Gasteiger charge is 2.36. The van der Waals surface area contributed by atoms with E-state index >= 15 is 0 Å². The van der Waals surface area contributed by atoms with E-state index in [0.29, 0.717) is 12.8 Å². The minimum absolute atomic E-state index is 0.00839. The molecule has 10 heteroatoms. The largest absolute Gasteiger partial charge is 0.461 e. The first-order chi connectivity index (χ1) is 14.1. The summed E-state index contributed by atoms with van der Waals surface area (Å²) in [5, 5.41) is 3.42. The summed E-state index contributed by atoms with van der Waals surface area (Å²) in [6.45, 7) is 3.50. The number of sulfone groups is 1. The standard InChI is InChI=1S/C20H22N2O6S2/c1-3-28-20(23)19(21-22-30(26,27)18-8-4-14(2)5-9-18)15-6-10-16(11-7-15)29(24,25)17-12-13-17/h4-11,17,22H,3,12-13H2,1-2H3. The Bertz CT molecular complexity index is 1160. The lowest BCUT2D eigenvalue weighted by Gasteiger charge is -2.09. The van der Waals surface area contributed by atoms with Gasteiger partial charge in [-0.05, 0) is 51.0 Å². The molecule has 0 atom stereocenters. The number of nitrogens with zero attached hydrogens (tertiary/aromatic N) is 1. The number of sulfonamides is 1. The molecule has 1 aliphatic carbocycles. The van der Waals surface area contributed by atoms with Gasteiger partial charge in [-0.15, -0.1) is 0 Å². The van der Waals surface area contributed by atoms with E-state index in [9.17, 15) is 21.6 Å². The fourth-order valence-electron chi connectivity index (χ4n) is 2.68. The van der Waals surface area contributed by atoms with E-state index in [0.717, 1.165) is 5.56 Å². The third kappa shape index (κ3) is 4.88. The van der Waals surface area contributed by atoms with Crippen molar-refractivity contribution < 1.29 is 26.4 Å². The predicted molar refractivity (Wildman–Crippen MR) is 111 cm³/mol. The number of benzene rings is 2. The Balaban J connectivity index is 1.91. The second kappa shape index (κ2) is 8.57. The normalized spacial score (nSPS) is 14.9. The smallest absolute Gasteiger partial charge is 0.359 e. The van der Waals surface area contributed by atoms with Crippen LogP contribution in [0.3, 0.4) is 0 Å². The van der Waals surface area contributed by atoms with Crippen molar-refractivity contribution in [2.24, 2.45) is 5.10 Å². The molecule has 3 rings (SSSR count). The SMILES string of the molecule is CCOC(=O)C(=NNS(=O)(=O)c1ccc(C)cc1)c1ccc(S(=O)(=O)C2CC2)cc1. The van der Waals surface area contributed by atoms with E-state index in [4.69, 9.17) is 4.74 Å². The summed E-state index contributed by atoms with van der Waals surface area (Å²) < 4.78 is 54.6. The van der Waals surface area contributed by atoms with E-state index < -0.39 is 25.8 Å². The molecule has 0 aliphatic heterocycles. The van der Waals surface area contributed by atoms with Crippen molar-refractivity contribution in [2.75, 3.05) is 6.61 Å². The predicted octanol–water partition coefficient (Wildman–Crippen LogP) is 2.18. The Morgan fingerprint density at radius 2 is 1.57 bits per heavy atom. The molecular formula is C20H22N2O6S2. The summed E-state index contributed by atoms with van der Waals surface area (Å²) in [5.41, 5.74) is 0.851. The Kier molecular flexibility index (Phi) is 6.27. The zero-order chi connectivity index (χ0) is 21.9. The number of carbonyl (C=O) groups is 1. The van der Waals surface area contributed by atoms with Gasteiger partial charge in [0.05, 0.1) is 21.6 Å². The summed E-state index contributed by atoms with van der Waals surface area (Å²) in [5.74, 6) is -0.832. The van der Waals surface area contributed by atoms with E-state index in [2.05, 4.69) is 5.10 Å². The quantitative estimate of drug-likeness (QED) is 0.374. The maximum absolute atomic E-state index is 12.5. The maximum atomic E-state index is 12.5. The van der Waals surface area contributed by atoms with Gasteiger partial charge in [0.1, 0.15) is 0 Å². The van der Waals surface area contributed by atoms with Crippen molar-refractivity contribution in [1.82, 2.24) is 4.83 Å². The lowest BCUT2D eigenvalue weighted by atomic mass is 10.1. The van der Waals surface area contributed by atoms with Crippen LogP contribution in [0.5, 0.6) is 0 Å². The molecule has 1 N–H and O–H groups in total. The number of nitrogens with one attached hydrogen (secondary N) is 1. The number of rotatable bonds is 8. The molecule has 0 saturated heterocycles. The Morgan fingerprint density at radius 1 is 1.00 bits per heavy atom. The average Bonchev–Trinajstić information content (AvgIpc) is 3.55. The molecule has 160 valence electrons. The second-order valence-corrected chi connectivity index (χ2v) is 10.7. The fraction of sp³-hybridized carbons (Fsp3) is 0.300. The molecule has 1 saturated carbocycles. The number of hydrogen-bond donors (Lipinski definition) is 1. The molecule has 0 spiro atoms. The molecule has 1 fully saturated rings. The monoisotopic (exact) mass is 450 g/mol. The molecule has 2 aromatic rings. The minimum atomic E-state index is -4.00. The summed E-state index contributed by atoms with van der Waals surface area (Å²) in [6, 6.07) is 11.7. The van der Waals surface area contributed by atoms with E-state index in [1.165, 1.54) is 36.4 Å². The zero-order valence-corrected chi connectivity index (χ0v) is 18.2. The van der Waals surface area contributed by atoms with Crippen LogP contribution in [-0.2, 0) is 29.4 Å². The van der Waals surface area contributed by atoms with Gasteiger partial charge in [0.25, 0.3) is 10.0 Å². The highest BCUT2D eigenvalue weighted by Crippen LogP contribution is 2.33.